The minimum atomic E-state index is -3.44. The Hall–Kier alpha value is 0.0500. The van der Waals surface area contributed by atoms with Crippen molar-refractivity contribution in [2.24, 2.45) is 0 Å². The third-order valence-corrected chi connectivity index (χ3v) is 5.30. The first-order valence-corrected chi connectivity index (χ1v) is 7.73. The summed E-state index contributed by atoms with van der Waals surface area (Å²) in [4.78, 5) is 1.09. The van der Waals surface area contributed by atoms with Crippen LogP contribution < -0.4 is 4.72 Å². The molecule has 0 aliphatic heterocycles. The predicted molar refractivity (Wildman–Crippen MR) is 68.4 cm³/mol. The molecule has 1 rings (SSSR count). The van der Waals surface area contributed by atoms with E-state index in [-0.39, 0.29) is 6.04 Å². The highest BCUT2D eigenvalue weighted by atomic mass is 79.9. The van der Waals surface area contributed by atoms with Crippen LogP contribution in [-0.4, -0.2) is 28.2 Å². The van der Waals surface area contributed by atoms with Crippen molar-refractivity contribution in [3.8, 4) is 0 Å². The van der Waals surface area contributed by atoms with Crippen LogP contribution in [0.15, 0.2) is 14.7 Å². The lowest BCUT2D eigenvalue weighted by atomic mass is 10.4. The van der Waals surface area contributed by atoms with Gasteiger partial charge in [0.25, 0.3) is 0 Å². The largest absolute Gasteiger partial charge is 0.383 e. The van der Waals surface area contributed by atoms with Crippen molar-refractivity contribution in [3.05, 3.63) is 14.7 Å². The summed E-state index contributed by atoms with van der Waals surface area (Å²) in [6.45, 7) is 3.90. The fraction of sp³-hybridized carbons (Fsp3) is 0.556. The lowest BCUT2D eigenvalue weighted by Crippen LogP contribution is -2.35. The zero-order chi connectivity index (χ0) is 12.3. The van der Waals surface area contributed by atoms with Gasteiger partial charge in [0.05, 0.1) is 15.3 Å². The minimum absolute atomic E-state index is 0.243. The molecule has 0 fully saturated rings. The molecule has 0 radical (unpaired) electrons. The quantitative estimate of drug-likeness (QED) is 0.901. The predicted octanol–water partition coefficient (Wildman–Crippen LogP) is 2.13. The van der Waals surface area contributed by atoms with Crippen LogP contribution in [0.4, 0.5) is 0 Å². The Kier molecular flexibility index (Phi) is 4.93. The first kappa shape index (κ1) is 14.1. The Morgan fingerprint density at radius 3 is 2.69 bits per heavy atom. The van der Waals surface area contributed by atoms with Crippen LogP contribution in [0.3, 0.4) is 0 Å². The molecule has 0 aliphatic carbocycles. The SMILES string of the molecule is COCC(C)NS(=O)(=O)c1cc(Br)sc1C. The Labute approximate surface area is 108 Å². The number of hydrogen-bond donors (Lipinski definition) is 1. The number of methoxy groups -OCH3 is 1. The van der Waals surface area contributed by atoms with Crippen molar-refractivity contribution in [2.45, 2.75) is 24.8 Å². The zero-order valence-electron chi connectivity index (χ0n) is 9.28. The summed E-state index contributed by atoms with van der Waals surface area (Å²) in [5.41, 5.74) is 0. The second kappa shape index (κ2) is 5.59. The number of hydrogen-bond acceptors (Lipinski definition) is 4. The van der Waals surface area contributed by atoms with Gasteiger partial charge in [-0.2, -0.15) is 0 Å². The van der Waals surface area contributed by atoms with Crippen LogP contribution in [0.25, 0.3) is 0 Å². The zero-order valence-corrected chi connectivity index (χ0v) is 12.5. The molecule has 1 heterocycles. The van der Waals surface area contributed by atoms with E-state index in [9.17, 15) is 8.42 Å². The number of nitrogens with one attached hydrogen (secondary N) is 1. The maximum atomic E-state index is 12.0. The van der Waals surface area contributed by atoms with Gasteiger partial charge in [-0.15, -0.1) is 11.3 Å². The van der Waals surface area contributed by atoms with Gasteiger partial charge in [-0.1, -0.05) is 0 Å². The van der Waals surface area contributed by atoms with Crippen molar-refractivity contribution in [1.29, 1.82) is 0 Å². The highest BCUT2D eigenvalue weighted by Crippen LogP contribution is 2.29. The van der Waals surface area contributed by atoms with E-state index in [1.807, 2.05) is 0 Å². The van der Waals surface area contributed by atoms with Gasteiger partial charge in [-0.3, -0.25) is 0 Å². The third kappa shape index (κ3) is 3.53. The van der Waals surface area contributed by atoms with Crippen LogP contribution in [0, 0.1) is 6.92 Å². The molecule has 1 atom stereocenters. The van der Waals surface area contributed by atoms with Crippen molar-refractivity contribution < 1.29 is 13.2 Å². The van der Waals surface area contributed by atoms with Crippen LogP contribution in [-0.2, 0) is 14.8 Å². The summed E-state index contributed by atoms with van der Waals surface area (Å²) >= 11 is 4.68. The molecule has 0 saturated heterocycles. The lowest BCUT2D eigenvalue weighted by molar-refractivity contribution is 0.180. The molecule has 0 aliphatic rings. The second-order valence-electron chi connectivity index (χ2n) is 3.45. The molecule has 0 bridgehead atoms. The van der Waals surface area contributed by atoms with E-state index in [0.717, 1.165) is 8.66 Å². The lowest BCUT2D eigenvalue weighted by Gasteiger charge is -2.12. The number of thiophene rings is 1. The molecule has 0 spiro atoms. The second-order valence-corrected chi connectivity index (χ2v) is 7.77. The molecule has 0 saturated carbocycles. The van der Waals surface area contributed by atoms with Crippen LogP contribution in [0.1, 0.15) is 11.8 Å². The van der Waals surface area contributed by atoms with Gasteiger partial charge in [-0.05, 0) is 35.8 Å². The standard InChI is InChI=1S/C9H14BrNO3S2/c1-6(5-14-3)11-16(12,13)8-4-9(10)15-7(8)2/h4,6,11H,5H2,1-3H3. The minimum Gasteiger partial charge on any atom is -0.383 e. The molecule has 1 N–H and O–H groups in total. The van der Waals surface area contributed by atoms with Crippen LogP contribution in [0.5, 0.6) is 0 Å². The molecule has 16 heavy (non-hydrogen) atoms. The number of halogens is 1. The molecule has 1 aromatic heterocycles. The highest BCUT2D eigenvalue weighted by molar-refractivity contribution is 9.11. The van der Waals surface area contributed by atoms with E-state index in [1.165, 1.54) is 18.4 Å². The Balaban J connectivity index is 2.90. The van der Waals surface area contributed by atoms with Gasteiger partial charge in [0.2, 0.25) is 10.0 Å². The molecule has 92 valence electrons. The number of ether oxygens (including phenoxy) is 1. The summed E-state index contributed by atoms with van der Waals surface area (Å²) in [6, 6.07) is 1.37. The Bertz CT molecular complexity index is 455. The average Bonchev–Trinajstić information content (AvgIpc) is 2.45. The van der Waals surface area contributed by atoms with Gasteiger partial charge in [0.15, 0.2) is 0 Å². The maximum Gasteiger partial charge on any atom is 0.242 e. The van der Waals surface area contributed by atoms with Crippen molar-refractivity contribution in [1.82, 2.24) is 4.72 Å². The molecular formula is C9H14BrNO3S2. The first-order chi connectivity index (χ1) is 7.36. The van der Waals surface area contributed by atoms with Gasteiger partial charge >= 0.3 is 0 Å². The summed E-state index contributed by atoms with van der Waals surface area (Å²) in [5.74, 6) is 0. The molecule has 4 nitrogen and oxygen atoms in total. The monoisotopic (exact) mass is 327 g/mol. The summed E-state index contributed by atoms with van der Waals surface area (Å²) in [7, 11) is -1.90. The topological polar surface area (TPSA) is 55.4 Å². The van der Waals surface area contributed by atoms with Crippen LogP contribution >= 0.6 is 27.3 Å². The molecule has 7 heteroatoms. The van der Waals surface area contributed by atoms with Crippen molar-refractivity contribution in [3.63, 3.8) is 0 Å². The summed E-state index contributed by atoms with van der Waals surface area (Å²) in [5, 5.41) is 0. The molecular weight excluding hydrogens is 314 g/mol. The van der Waals surface area contributed by atoms with Gasteiger partial charge in [-0.25, -0.2) is 13.1 Å². The number of sulfonamides is 1. The van der Waals surface area contributed by atoms with Gasteiger partial charge in [0, 0.05) is 18.0 Å². The van der Waals surface area contributed by atoms with E-state index in [0.29, 0.717) is 11.5 Å². The Morgan fingerprint density at radius 2 is 2.25 bits per heavy atom. The maximum absolute atomic E-state index is 12.0. The molecule has 1 unspecified atom stereocenters. The van der Waals surface area contributed by atoms with Crippen molar-refractivity contribution in [2.75, 3.05) is 13.7 Å². The fourth-order valence-electron chi connectivity index (χ4n) is 1.31. The summed E-state index contributed by atoms with van der Waals surface area (Å²) in [6.07, 6.45) is 0. The number of rotatable bonds is 5. The Morgan fingerprint density at radius 1 is 1.62 bits per heavy atom. The number of aryl methyl sites for hydroxylation is 1. The fourth-order valence-corrected chi connectivity index (χ4v) is 4.95. The first-order valence-electron chi connectivity index (χ1n) is 4.64. The smallest absolute Gasteiger partial charge is 0.242 e. The van der Waals surface area contributed by atoms with E-state index < -0.39 is 10.0 Å². The molecule has 0 aromatic carbocycles. The summed E-state index contributed by atoms with van der Waals surface area (Å²) < 4.78 is 32.2. The molecule has 0 amide bonds. The van der Waals surface area contributed by atoms with E-state index in [1.54, 1.807) is 19.9 Å². The highest BCUT2D eigenvalue weighted by Gasteiger charge is 2.21. The normalized spacial score (nSPS) is 14.0. The molecule has 1 aromatic rings. The van der Waals surface area contributed by atoms with E-state index in [2.05, 4.69) is 20.7 Å². The van der Waals surface area contributed by atoms with Gasteiger partial charge < -0.3 is 4.74 Å². The average molecular weight is 328 g/mol. The third-order valence-electron chi connectivity index (χ3n) is 1.90. The van der Waals surface area contributed by atoms with Gasteiger partial charge in [0.1, 0.15) is 0 Å². The van der Waals surface area contributed by atoms with E-state index >= 15 is 0 Å². The van der Waals surface area contributed by atoms with Crippen molar-refractivity contribution >= 4 is 37.3 Å². The van der Waals surface area contributed by atoms with E-state index in [4.69, 9.17) is 4.74 Å². The van der Waals surface area contributed by atoms with Crippen LogP contribution in [0.2, 0.25) is 0 Å².